The molecule has 0 saturated carbocycles. The number of aromatic nitrogens is 2. The van der Waals surface area contributed by atoms with Crippen LogP contribution in [-0.4, -0.2) is 40.1 Å². The van der Waals surface area contributed by atoms with Crippen molar-refractivity contribution in [2.75, 3.05) is 18.6 Å². The highest BCUT2D eigenvalue weighted by Crippen LogP contribution is 2.26. The molecule has 5 aromatic rings. The van der Waals surface area contributed by atoms with Gasteiger partial charge in [0.05, 0.1) is 12.0 Å². The first-order valence-electron chi connectivity index (χ1n) is 12.3. The zero-order chi connectivity index (χ0) is 27.5. The molecular weight excluding hydrogens is 498 g/mol. The average molecular weight is 524 g/mol. The van der Waals surface area contributed by atoms with Crippen molar-refractivity contribution in [3.8, 4) is 11.1 Å². The van der Waals surface area contributed by atoms with Crippen LogP contribution in [0.25, 0.3) is 22.9 Å². The van der Waals surface area contributed by atoms with E-state index in [2.05, 4.69) is 4.98 Å². The topological polar surface area (TPSA) is 114 Å². The molecule has 0 atom stereocenters. The summed E-state index contributed by atoms with van der Waals surface area (Å²) in [5, 5.41) is 10.6. The Morgan fingerprint density at radius 3 is 2.41 bits per heavy atom. The molecule has 3 heterocycles. The van der Waals surface area contributed by atoms with Gasteiger partial charge in [0.1, 0.15) is 16.9 Å². The summed E-state index contributed by atoms with van der Waals surface area (Å²) < 4.78 is 12.6. The van der Waals surface area contributed by atoms with E-state index in [-0.39, 0.29) is 23.4 Å². The monoisotopic (exact) mass is 523 g/mol. The van der Waals surface area contributed by atoms with Crippen LogP contribution in [0.3, 0.4) is 0 Å². The van der Waals surface area contributed by atoms with Crippen molar-refractivity contribution in [3.05, 3.63) is 117 Å². The second-order valence-corrected chi connectivity index (χ2v) is 8.84. The molecule has 0 unspecified atom stereocenters. The molecule has 0 aliphatic rings. The lowest BCUT2D eigenvalue weighted by Crippen LogP contribution is -2.24. The van der Waals surface area contributed by atoms with E-state index in [0.717, 1.165) is 5.56 Å². The molecule has 2 aromatic carbocycles. The molecule has 0 fully saturated rings. The van der Waals surface area contributed by atoms with E-state index in [0.29, 0.717) is 34.7 Å². The molecule has 1 N–H and O–H groups in total. The molecule has 0 bridgehead atoms. The van der Waals surface area contributed by atoms with Crippen molar-refractivity contribution in [1.82, 2.24) is 9.38 Å². The number of carboxylic acids is 1. The highest BCUT2D eigenvalue weighted by atomic mass is 16.5. The van der Waals surface area contributed by atoms with Gasteiger partial charge in [-0.05, 0) is 24.1 Å². The minimum Gasteiger partial charge on any atom is -0.478 e. The molecule has 9 heteroatoms. The summed E-state index contributed by atoms with van der Waals surface area (Å²) in [6.45, 7) is 2.32. The molecule has 0 aliphatic heterocycles. The number of hydrogen-bond acceptors (Lipinski definition) is 7. The van der Waals surface area contributed by atoms with Gasteiger partial charge in [0, 0.05) is 37.5 Å². The second kappa shape index (κ2) is 10.7. The fourth-order valence-electron chi connectivity index (χ4n) is 4.46. The minimum atomic E-state index is -1.26. The highest BCUT2D eigenvalue weighted by Gasteiger charge is 2.25. The number of carbonyl (C=O) groups is 2. The third-order valence-electron chi connectivity index (χ3n) is 6.22. The van der Waals surface area contributed by atoms with E-state index < -0.39 is 17.5 Å². The number of carboxylic acid groups (broad SMARTS) is 1. The molecule has 5 rings (SSSR count). The van der Waals surface area contributed by atoms with Crippen LogP contribution in [0.15, 0.2) is 88.2 Å². The van der Waals surface area contributed by atoms with Crippen LogP contribution in [0.5, 0.6) is 0 Å². The first-order valence-corrected chi connectivity index (χ1v) is 12.3. The van der Waals surface area contributed by atoms with E-state index in [1.165, 1.54) is 10.6 Å². The third-order valence-corrected chi connectivity index (χ3v) is 6.22. The van der Waals surface area contributed by atoms with Gasteiger partial charge in [-0.1, -0.05) is 60.7 Å². The quantitative estimate of drug-likeness (QED) is 0.304. The normalized spacial score (nSPS) is 11.6. The van der Waals surface area contributed by atoms with E-state index in [9.17, 15) is 19.5 Å². The number of ether oxygens (including phenoxy) is 1. The van der Waals surface area contributed by atoms with Crippen molar-refractivity contribution in [3.63, 3.8) is 0 Å². The summed E-state index contributed by atoms with van der Waals surface area (Å²) in [5.74, 6) is -1.04. The zero-order valence-electron chi connectivity index (χ0n) is 21.3. The zero-order valence-corrected chi connectivity index (χ0v) is 21.3. The molecule has 3 aromatic heterocycles. The lowest BCUT2D eigenvalue weighted by molar-refractivity contribution is 0.0523. The molecule has 0 aliphatic carbocycles. The highest BCUT2D eigenvalue weighted by molar-refractivity contribution is 6.03. The summed E-state index contributed by atoms with van der Waals surface area (Å²) in [6.07, 6.45) is 2.95. The fraction of sp³-hybridized carbons (Fsp3) is 0.133. The van der Waals surface area contributed by atoms with E-state index in [1.807, 2.05) is 54.4 Å². The van der Waals surface area contributed by atoms with Crippen molar-refractivity contribution < 1.29 is 23.8 Å². The minimum absolute atomic E-state index is 0.0717. The van der Waals surface area contributed by atoms with Gasteiger partial charge in [-0.2, -0.15) is 4.98 Å². The first kappa shape index (κ1) is 25.5. The van der Waals surface area contributed by atoms with Crippen LogP contribution >= 0.6 is 0 Å². The summed E-state index contributed by atoms with van der Waals surface area (Å²) in [5.41, 5.74) is 0.647. The van der Waals surface area contributed by atoms with Crippen molar-refractivity contribution >= 4 is 29.5 Å². The maximum absolute atomic E-state index is 12.7. The summed E-state index contributed by atoms with van der Waals surface area (Å²) in [6, 6.07) is 22.5. The van der Waals surface area contributed by atoms with E-state index >= 15 is 0 Å². The maximum Gasteiger partial charge on any atom is 0.345 e. The van der Waals surface area contributed by atoms with Gasteiger partial charge in [0.2, 0.25) is 0 Å². The molecule has 39 heavy (non-hydrogen) atoms. The number of carbonyl (C=O) groups excluding carboxylic acids is 1. The van der Waals surface area contributed by atoms with E-state index in [4.69, 9.17) is 9.15 Å². The Bertz CT molecular complexity index is 1770. The van der Waals surface area contributed by atoms with Crippen LogP contribution in [0.2, 0.25) is 0 Å². The number of furan rings is 1. The largest absolute Gasteiger partial charge is 0.478 e. The molecule has 196 valence electrons. The molecule has 0 radical (unpaired) electrons. The third kappa shape index (κ3) is 5.02. The predicted molar refractivity (Wildman–Crippen MR) is 146 cm³/mol. The summed E-state index contributed by atoms with van der Waals surface area (Å²) in [4.78, 5) is 43.6. The van der Waals surface area contributed by atoms with Crippen LogP contribution in [0.4, 0.5) is 5.88 Å². The Hall–Kier alpha value is -5.18. The number of nitrogens with zero attached hydrogens (tertiary/aromatic N) is 3. The van der Waals surface area contributed by atoms with Crippen LogP contribution in [0.1, 0.15) is 39.0 Å². The lowest BCUT2D eigenvalue weighted by atomic mass is 10.0. The summed E-state index contributed by atoms with van der Waals surface area (Å²) in [7, 11) is 1.91. The van der Waals surface area contributed by atoms with Gasteiger partial charge >= 0.3 is 11.9 Å². The number of fused-ring (bicyclic) bond motifs is 1. The van der Waals surface area contributed by atoms with Gasteiger partial charge in [-0.15, -0.1) is 0 Å². The maximum atomic E-state index is 12.7. The number of aromatic carboxylic acids is 1. The van der Waals surface area contributed by atoms with Crippen molar-refractivity contribution in [2.45, 2.75) is 13.5 Å². The Kier molecular flexibility index (Phi) is 6.96. The Morgan fingerprint density at radius 2 is 1.74 bits per heavy atom. The van der Waals surface area contributed by atoms with Crippen molar-refractivity contribution in [1.29, 1.82) is 0 Å². The summed E-state index contributed by atoms with van der Waals surface area (Å²) >= 11 is 0. The van der Waals surface area contributed by atoms with Crippen LogP contribution in [-0.2, 0) is 11.3 Å². The standard InChI is InChI=1S/C30H25N3O6/c1-3-38-30(37)22-18-33-23(16-21-14-15-24(39-21)32(2)17-19-10-6-4-7-11-19)25(20-12-8-5-9-13-20)26(29(35)36)27(33)31-28(22)34/h4-16,18H,3,17H2,1-2H3,(H,35,36)/b23-16+. The Balaban J connectivity index is 1.72. The smallest absolute Gasteiger partial charge is 0.345 e. The Morgan fingerprint density at radius 1 is 1.05 bits per heavy atom. The van der Waals surface area contributed by atoms with Gasteiger partial charge in [-0.25, -0.2) is 9.59 Å². The van der Waals surface area contributed by atoms with Crippen LogP contribution in [0, 0.1) is 0 Å². The number of esters is 1. The number of anilines is 1. The molecule has 9 nitrogen and oxygen atoms in total. The molecule has 0 spiro atoms. The molecular formula is C30H25N3O6. The predicted octanol–water partition coefficient (Wildman–Crippen LogP) is 4.01. The van der Waals surface area contributed by atoms with Gasteiger partial charge in [-0.3, -0.25) is 9.20 Å². The second-order valence-electron chi connectivity index (χ2n) is 8.84. The number of hydrogen-bond donors (Lipinski definition) is 1. The SMILES string of the molecule is CCOC(=O)c1cn2/c(=C/c3ccc(N(C)Cc4ccccc4)o3)c(-c3ccccc3)c(C(=O)O)c2nc1=O. The average Bonchev–Trinajstić information content (AvgIpc) is 3.52. The molecule has 0 saturated heterocycles. The number of rotatable bonds is 8. The molecule has 0 amide bonds. The fourth-order valence-corrected chi connectivity index (χ4v) is 4.46. The lowest BCUT2D eigenvalue weighted by Gasteiger charge is -2.15. The van der Waals surface area contributed by atoms with Crippen molar-refractivity contribution in [2.24, 2.45) is 0 Å². The van der Waals surface area contributed by atoms with Gasteiger partial charge in [0.25, 0.3) is 5.56 Å². The van der Waals surface area contributed by atoms with Gasteiger partial charge in [0.15, 0.2) is 11.5 Å². The van der Waals surface area contributed by atoms with Gasteiger partial charge < -0.3 is 19.2 Å². The first-order chi connectivity index (χ1) is 18.9. The Labute approximate surface area is 223 Å². The number of benzene rings is 2. The van der Waals surface area contributed by atoms with Crippen LogP contribution < -0.4 is 15.8 Å². The van der Waals surface area contributed by atoms with E-state index in [1.54, 1.807) is 43.3 Å².